The van der Waals surface area contributed by atoms with Crippen molar-refractivity contribution in [1.29, 1.82) is 0 Å². The zero-order valence-corrected chi connectivity index (χ0v) is 15.0. The Labute approximate surface area is 150 Å². The summed E-state index contributed by atoms with van der Waals surface area (Å²) in [5, 5.41) is 5.62. The third kappa shape index (κ3) is 3.99. The SMILES string of the molecule is O=C(Nc1ncc(Br)s1)Nc1ccc(F)cc1C(=O)C1CCCC1. The Kier molecular flexibility index (Phi) is 5.25. The molecule has 8 heteroatoms. The van der Waals surface area contributed by atoms with Crippen molar-refractivity contribution in [2.75, 3.05) is 10.6 Å². The van der Waals surface area contributed by atoms with Crippen LogP contribution in [0.4, 0.5) is 20.0 Å². The topological polar surface area (TPSA) is 71.1 Å². The number of anilines is 2. The molecule has 1 heterocycles. The average Bonchev–Trinajstić information content (AvgIpc) is 3.20. The van der Waals surface area contributed by atoms with Crippen LogP contribution in [-0.4, -0.2) is 16.8 Å². The van der Waals surface area contributed by atoms with Gasteiger partial charge in [-0.15, -0.1) is 0 Å². The van der Waals surface area contributed by atoms with Gasteiger partial charge in [-0.1, -0.05) is 24.2 Å². The van der Waals surface area contributed by atoms with Crippen molar-refractivity contribution in [3.63, 3.8) is 0 Å². The molecule has 5 nitrogen and oxygen atoms in total. The zero-order valence-electron chi connectivity index (χ0n) is 12.6. The Morgan fingerprint density at radius 1 is 1.25 bits per heavy atom. The molecule has 24 heavy (non-hydrogen) atoms. The molecule has 0 spiro atoms. The summed E-state index contributed by atoms with van der Waals surface area (Å²) in [6, 6.07) is 3.30. The summed E-state index contributed by atoms with van der Waals surface area (Å²) in [4.78, 5) is 28.7. The van der Waals surface area contributed by atoms with Crippen LogP contribution in [-0.2, 0) is 0 Å². The molecule has 2 amide bonds. The van der Waals surface area contributed by atoms with Crippen molar-refractivity contribution < 1.29 is 14.0 Å². The number of Topliss-reactive ketones (excluding diaryl/α,β-unsaturated/α-hetero) is 1. The van der Waals surface area contributed by atoms with Crippen LogP contribution in [0.25, 0.3) is 0 Å². The number of amides is 2. The Morgan fingerprint density at radius 3 is 2.67 bits per heavy atom. The van der Waals surface area contributed by atoms with Gasteiger partial charge in [-0.2, -0.15) is 0 Å². The molecule has 1 aromatic carbocycles. The molecule has 1 aromatic heterocycles. The molecule has 1 fully saturated rings. The maximum atomic E-state index is 13.6. The highest BCUT2D eigenvalue weighted by atomic mass is 79.9. The molecule has 0 radical (unpaired) electrons. The first-order chi connectivity index (χ1) is 11.5. The van der Waals surface area contributed by atoms with Crippen molar-refractivity contribution in [2.45, 2.75) is 25.7 Å². The number of rotatable bonds is 4. The highest BCUT2D eigenvalue weighted by Gasteiger charge is 2.26. The van der Waals surface area contributed by atoms with Gasteiger partial charge in [-0.25, -0.2) is 14.2 Å². The van der Waals surface area contributed by atoms with Gasteiger partial charge in [0.25, 0.3) is 0 Å². The molecule has 1 saturated carbocycles. The molecule has 0 saturated heterocycles. The van der Waals surface area contributed by atoms with Crippen LogP contribution in [0.15, 0.2) is 28.2 Å². The van der Waals surface area contributed by atoms with Crippen LogP contribution in [0.5, 0.6) is 0 Å². The van der Waals surface area contributed by atoms with E-state index >= 15 is 0 Å². The third-order valence-corrected chi connectivity index (χ3v) is 5.31. The van der Waals surface area contributed by atoms with E-state index in [0.29, 0.717) is 10.8 Å². The van der Waals surface area contributed by atoms with Gasteiger partial charge in [-0.3, -0.25) is 10.1 Å². The van der Waals surface area contributed by atoms with Gasteiger partial charge >= 0.3 is 6.03 Å². The second kappa shape index (κ2) is 7.40. The highest BCUT2D eigenvalue weighted by molar-refractivity contribution is 9.11. The summed E-state index contributed by atoms with van der Waals surface area (Å²) in [6.07, 6.45) is 5.22. The first-order valence-corrected chi connectivity index (χ1v) is 9.17. The lowest BCUT2D eigenvalue weighted by Gasteiger charge is -2.14. The standard InChI is InChI=1S/C16H15BrFN3O2S/c17-13-8-19-16(24-13)21-15(23)20-12-6-5-10(18)7-11(12)14(22)9-3-1-2-4-9/h5-9H,1-4H2,(H2,19,20,21,23). The fourth-order valence-electron chi connectivity index (χ4n) is 2.80. The summed E-state index contributed by atoms with van der Waals surface area (Å²) < 4.78 is 14.4. The predicted octanol–water partition coefficient (Wildman–Crippen LogP) is 5.06. The fraction of sp³-hybridized carbons (Fsp3) is 0.312. The Morgan fingerprint density at radius 2 is 2.00 bits per heavy atom. The molecule has 0 unspecified atom stereocenters. The number of benzene rings is 1. The average molecular weight is 412 g/mol. The van der Waals surface area contributed by atoms with E-state index < -0.39 is 11.8 Å². The molecule has 3 rings (SSSR count). The molecule has 2 N–H and O–H groups in total. The quantitative estimate of drug-likeness (QED) is 0.690. The molecule has 1 aliphatic rings. The molecule has 126 valence electrons. The smallest absolute Gasteiger partial charge is 0.307 e. The second-order valence-corrected chi connectivity index (χ2v) is 7.99. The van der Waals surface area contributed by atoms with Crippen LogP contribution in [0, 0.1) is 11.7 Å². The number of nitrogens with zero attached hydrogens (tertiary/aromatic N) is 1. The summed E-state index contributed by atoms with van der Waals surface area (Å²) >= 11 is 4.53. The maximum Gasteiger partial charge on any atom is 0.325 e. The van der Waals surface area contributed by atoms with Gasteiger partial charge in [0.15, 0.2) is 10.9 Å². The highest BCUT2D eigenvalue weighted by Crippen LogP contribution is 2.31. The first kappa shape index (κ1) is 17.0. The summed E-state index contributed by atoms with van der Waals surface area (Å²) in [5.74, 6) is -0.698. The van der Waals surface area contributed by atoms with E-state index in [-0.39, 0.29) is 17.3 Å². The van der Waals surface area contributed by atoms with E-state index in [4.69, 9.17) is 0 Å². The van der Waals surface area contributed by atoms with Crippen molar-refractivity contribution in [2.24, 2.45) is 5.92 Å². The van der Waals surface area contributed by atoms with E-state index in [2.05, 4.69) is 31.5 Å². The predicted molar refractivity (Wildman–Crippen MR) is 95.1 cm³/mol. The van der Waals surface area contributed by atoms with Crippen molar-refractivity contribution in [1.82, 2.24) is 4.98 Å². The lowest BCUT2D eigenvalue weighted by atomic mass is 9.95. The summed E-state index contributed by atoms with van der Waals surface area (Å²) in [6.45, 7) is 0. The van der Waals surface area contributed by atoms with E-state index in [1.807, 2.05) is 0 Å². The fourth-order valence-corrected chi connectivity index (χ4v) is 3.90. The van der Waals surface area contributed by atoms with Gasteiger partial charge in [-0.05, 0) is 47.0 Å². The van der Waals surface area contributed by atoms with Gasteiger partial charge in [0.05, 0.1) is 15.7 Å². The van der Waals surface area contributed by atoms with Crippen LogP contribution >= 0.6 is 27.3 Å². The van der Waals surface area contributed by atoms with E-state index in [9.17, 15) is 14.0 Å². The van der Waals surface area contributed by atoms with Crippen LogP contribution < -0.4 is 10.6 Å². The number of thiazole rings is 1. The van der Waals surface area contributed by atoms with Crippen molar-refractivity contribution >= 4 is 49.9 Å². The number of ketones is 1. The number of carbonyl (C=O) groups excluding carboxylic acids is 2. The molecule has 1 aliphatic carbocycles. The zero-order chi connectivity index (χ0) is 17.1. The number of hydrogen-bond acceptors (Lipinski definition) is 4. The van der Waals surface area contributed by atoms with E-state index in [1.54, 1.807) is 6.20 Å². The number of carbonyl (C=O) groups is 2. The Hall–Kier alpha value is -1.80. The first-order valence-electron chi connectivity index (χ1n) is 7.56. The number of hydrogen-bond donors (Lipinski definition) is 2. The number of halogens is 2. The van der Waals surface area contributed by atoms with Gasteiger partial charge in [0.1, 0.15) is 5.82 Å². The molecule has 0 aliphatic heterocycles. The van der Waals surface area contributed by atoms with E-state index in [0.717, 1.165) is 29.5 Å². The van der Waals surface area contributed by atoms with Crippen LogP contribution in [0.1, 0.15) is 36.0 Å². The normalized spacial score (nSPS) is 14.6. The lowest BCUT2D eigenvalue weighted by Crippen LogP contribution is -2.22. The van der Waals surface area contributed by atoms with E-state index in [1.165, 1.54) is 29.5 Å². The summed E-state index contributed by atoms with van der Waals surface area (Å²) in [7, 11) is 0. The lowest BCUT2D eigenvalue weighted by molar-refractivity contribution is 0.0923. The Balaban J connectivity index is 1.77. The minimum absolute atomic E-state index is 0.0923. The largest absolute Gasteiger partial charge is 0.325 e. The van der Waals surface area contributed by atoms with Gasteiger partial charge in [0, 0.05) is 11.5 Å². The molecular formula is C16H15BrFN3O2S. The number of nitrogens with one attached hydrogen (secondary N) is 2. The monoisotopic (exact) mass is 411 g/mol. The minimum Gasteiger partial charge on any atom is -0.307 e. The molecule has 2 aromatic rings. The molecule has 0 atom stereocenters. The van der Waals surface area contributed by atoms with Crippen LogP contribution in [0.2, 0.25) is 0 Å². The number of aromatic nitrogens is 1. The Bertz CT molecular complexity index is 774. The molecular weight excluding hydrogens is 397 g/mol. The van der Waals surface area contributed by atoms with Gasteiger partial charge < -0.3 is 5.32 Å². The number of urea groups is 1. The third-order valence-electron chi connectivity index (χ3n) is 3.92. The van der Waals surface area contributed by atoms with Gasteiger partial charge in [0.2, 0.25) is 0 Å². The van der Waals surface area contributed by atoms with Crippen molar-refractivity contribution in [3.8, 4) is 0 Å². The summed E-state index contributed by atoms with van der Waals surface area (Å²) in [5.41, 5.74) is 0.527. The maximum absolute atomic E-state index is 13.6. The second-order valence-electron chi connectivity index (χ2n) is 5.58. The van der Waals surface area contributed by atoms with Crippen LogP contribution in [0.3, 0.4) is 0 Å². The minimum atomic E-state index is -0.524. The van der Waals surface area contributed by atoms with Crippen molar-refractivity contribution in [3.05, 3.63) is 39.6 Å². The molecule has 0 bridgehead atoms.